The van der Waals surface area contributed by atoms with Gasteiger partial charge in [-0.25, -0.2) is 0 Å². The van der Waals surface area contributed by atoms with Gasteiger partial charge in [-0.05, 0) is 61.2 Å². The van der Waals surface area contributed by atoms with Crippen LogP contribution in [0.15, 0.2) is 55.0 Å². The highest BCUT2D eigenvalue weighted by atomic mass is 16.2. The smallest absolute Gasteiger partial charge is 0.254 e. The fourth-order valence-corrected chi connectivity index (χ4v) is 4.03. The SMILES string of the molecule is CC(=O)Nc1ccc(C(=O)N2CCCC[C@H]2c2nn(C)cc2-c2ccncc2)cc1. The molecule has 0 saturated carbocycles. The molecular formula is C23H25N5O2. The van der Waals surface area contributed by atoms with Gasteiger partial charge in [-0.15, -0.1) is 0 Å². The average molecular weight is 403 g/mol. The van der Waals surface area contributed by atoms with E-state index < -0.39 is 0 Å². The third-order valence-electron chi connectivity index (χ3n) is 5.38. The van der Waals surface area contributed by atoms with E-state index in [1.165, 1.54) is 6.92 Å². The summed E-state index contributed by atoms with van der Waals surface area (Å²) in [5.74, 6) is -0.149. The highest BCUT2D eigenvalue weighted by Gasteiger charge is 2.32. The summed E-state index contributed by atoms with van der Waals surface area (Å²) in [5, 5.41) is 7.47. The Morgan fingerprint density at radius 1 is 1.07 bits per heavy atom. The summed E-state index contributed by atoms with van der Waals surface area (Å²) in [5.41, 5.74) is 4.29. The Balaban J connectivity index is 1.64. The van der Waals surface area contributed by atoms with E-state index in [2.05, 4.69) is 10.3 Å². The molecule has 7 nitrogen and oxygen atoms in total. The summed E-state index contributed by atoms with van der Waals surface area (Å²) < 4.78 is 1.81. The van der Waals surface area contributed by atoms with Crippen molar-refractivity contribution in [1.82, 2.24) is 19.7 Å². The minimum absolute atomic E-state index is 0.0135. The number of amides is 2. The maximum atomic E-state index is 13.4. The van der Waals surface area contributed by atoms with Crippen LogP contribution in [0.25, 0.3) is 11.1 Å². The first-order valence-corrected chi connectivity index (χ1v) is 10.2. The molecule has 7 heteroatoms. The Hall–Kier alpha value is -3.48. The van der Waals surface area contributed by atoms with Crippen molar-refractivity contribution in [3.63, 3.8) is 0 Å². The van der Waals surface area contributed by atoms with Crippen molar-refractivity contribution in [2.45, 2.75) is 32.2 Å². The fourth-order valence-electron chi connectivity index (χ4n) is 4.03. The van der Waals surface area contributed by atoms with Crippen LogP contribution < -0.4 is 5.32 Å². The van der Waals surface area contributed by atoms with Gasteiger partial charge in [0.2, 0.25) is 5.91 Å². The van der Waals surface area contributed by atoms with Crippen molar-refractivity contribution >= 4 is 17.5 Å². The Bertz CT molecular complexity index is 1040. The maximum Gasteiger partial charge on any atom is 0.254 e. The molecular weight excluding hydrogens is 378 g/mol. The molecule has 2 aromatic heterocycles. The van der Waals surface area contributed by atoms with E-state index in [-0.39, 0.29) is 17.9 Å². The molecule has 1 N–H and O–H groups in total. The van der Waals surface area contributed by atoms with Gasteiger partial charge >= 0.3 is 0 Å². The van der Waals surface area contributed by atoms with E-state index in [0.717, 1.165) is 36.1 Å². The van der Waals surface area contributed by atoms with Crippen molar-refractivity contribution in [3.05, 3.63) is 66.2 Å². The Morgan fingerprint density at radius 2 is 1.80 bits per heavy atom. The molecule has 3 aromatic rings. The van der Waals surface area contributed by atoms with Crippen molar-refractivity contribution in [1.29, 1.82) is 0 Å². The Labute approximate surface area is 175 Å². The third kappa shape index (κ3) is 4.10. The quantitative estimate of drug-likeness (QED) is 0.718. The monoisotopic (exact) mass is 403 g/mol. The Kier molecular flexibility index (Phi) is 5.61. The van der Waals surface area contributed by atoms with Crippen molar-refractivity contribution < 1.29 is 9.59 Å². The second kappa shape index (κ2) is 8.49. The lowest BCUT2D eigenvalue weighted by molar-refractivity contribution is -0.114. The molecule has 0 spiro atoms. The largest absolute Gasteiger partial charge is 0.330 e. The number of carbonyl (C=O) groups is 2. The summed E-state index contributed by atoms with van der Waals surface area (Å²) in [6, 6.07) is 10.9. The standard InChI is InChI=1S/C23H25N5O2/c1-16(29)25-19-8-6-18(7-9-19)23(30)28-14-4-3-5-21(28)22-20(15-27(2)26-22)17-10-12-24-13-11-17/h6-13,15,21H,3-5,14H2,1-2H3,(H,25,29)/t21-/m0/s1. The molecule has 0 radical (unpaired) electrons. The number of hydrogen-bond donors (Lipinski definition) is 1. The van der Waals surface area contributed by atoms with Gasteiger partial charge in [-0.2, -0.15) is 5.10 Å². The van der Waals surface area contributed by atoms with Crippen molar-refractivity contribution in [2.75, 3.05) is 11.9 Å². The molecule has 1 aliphatic rings. The van der Waals surface area contributed by atoms with E-state index in [9.17, 15) is 9.59 Å². The number of hydrogen-bond acceptors (Lipinski definition) is 4. The summed E-state index contributed by atoms with van der Waals surface area (Å²) in [6.45, 7) is 2.16. The van der Waals surface area contributed by atoms with Gasteiger partial charge in [0.25, 0.3) is 5.91 Å². The summed E-state index contributed by atoms with van der Waals surface area (Å²) >= 11 is 0. The number of anilines is 1. The number of nitrogens with zero attached hydrogens (tertiary/aromatic N) is 4. The Morgan fingerprint density at radius 3 is 2.50 bits per heavy atom. The molecule has 1 fully saturated rings. The first kappa shape index (κ1) is 19.8. The van der Waals surface area contributed by atoms with Gasteiger partial charge in [0.05, 0.1) is 11.7 Å². The van der Waals surface area contributed by atoms with E-state index in [1.54, 1.807) is 36.7 Å². The average Bonchev–Trinajstić information content (AvgIpc) is 3.15. The number of aryl methyl sites for hydroxylation is 1. The number of likely N-dealkylation sites (tertiary alicyclic amines) is 1. The van der Waals surface area contributed by atoms with Gasteiger partial charge in [-0.1, -0.05) is 0 Å². The van der Waals surface area contributed by atoms with Crippen LogP contribution in [0.5, 0.6) is 0 Å². The first-order valence-electron chi connectivity index (χ1n) is 10.2. The van der Waals surface area contributed by atoms with Crippen molar-refractivity contribution in [3.8, 4) is 11.1 Å². The predicted molar refractivity (Wildman–Crippen MR) is 115 cm³/mol. The van der Waals surface area contributed by atoms with Gasteiger partial charge in [-0.3, -0.25) is 19.3 Å². The topological polar surface area (TPSA) is 80.1 Å². The van der Waals surface area contributed by atoms with Crippen LogP contribution >= 0.6 is 0 Å². The molecule has 0 unspecified atom stereocenters. The second-order valence-electron chi connectivity index (χ2n) is 7.61. The van der Waals surface area contributed by atoms with E-state index in [1.807, 2.05) is 35.0 Å². The zero-order valence-corrected chi connectivity index (χ0v) is 17.2. The number of benzene rings is 1. The highest BCUT2D eigenvalue weighted by Crippen LogP contribution is 2.36. The zero-order valence-electron chi connectivity index (χ0n) is 17.2. The summed E-state index contributed by atoms with van der Waals surface area (Å²) in [7, 11) is 1.91. The highest BCUT2D eigenvalue weighted by molar-refractivity contribution is 5.96. The van der Waals surface area contributed by atoms with E-state index >= 15 is 0 Å². The molecule has 2 amide bonds. The molecule has 0 bridgehead atoms. The molecule has 1 aromatic carbocycles. The van der Waals surface area contributed by atoms with Crippen LogP contribution in [0.1, 0.15) is 48.3 Å². The molecule has 3 heterocycles. The van der Waals surface area contributed by atoms with Crippen LogP contribution in [0.2, 0.25) is 0 Å². The van der Waals surface area contributed by atoms with E-state index in [4.69, 9.17) is 5.10 Å². The number of rotatable bonds is 4. The maximum absolute atomic E-state index is 13.4. The number of pyridine rings is 1. The van der Waals surface area contributed by atoms with Crippen LogP contribution in [0.4, 0.5) is 5.69 Å². The molecule has 1 atom stereocenters. The first-order chi connectivity index (χ1) is 14.5. The van der Waals surface area contributed by atoms with Gasteiger partial charge in [0.15, 0.2) is 0 Å². The normalized spacial score (nSPS) is 16.3. The van der Waals surface area contributed by atoms with Crippen LogP contribution in [-0.4, -0.2) is 38.0 Å². The summed E-state index contributed by atoms with van der Waals surface area (Å²) in [4.78, 5) is 30.6. The number of nitrogens with one attached hydrogen (secondary N) is 1. The minimum atomic E-state index is -0.135. The lowest BCUT2D eigenvalue weighted by atomic mass is 9.94. The zero-order chi connectivity index (χ0) is 21.1. The van der Waals surface area contributed by atoms with Gasteiger partial charge in [0, 0.05) is 55.9 Å². The molecule has 1 saturated heterocycles. The van der Waals surface area contributed by atoms with Crippen LogP contribution in [-0.2, 0) is 11.8 Å². The predicted octanol–water partition coefficient (Wildman–Crippen LogP) is 3.81. The van der Waals surface area contributed by atoms with Gasteiger partial charge in [0.1, 0.15) is 0 Å². The minimum Gasteiger partial charge on any atom is -0.330 e. The second-order valence-corrected chi connectivity index (χ2v) is 7.61. The number of carbonyl (C=O) groups excluding carboxylic acids is 2. The van der Waals surface area contributed by atoms with Gasteiger partial charge < -0.3 is 10.2 Å². The molecule has 4 rings (SSSR count). The van der Waals surface area contributed by atoms with Crippen LogP contribution in [0, 0.1) is 0 Å². The lowest BCUT2D eigenvalue weighted by Gasteiger charge is -2.35. The van der Waals surface area contributed by atoms with E-state index in [0.29, 0.717) is 17.8 Å². The molecule has 30 heavy (non-hydrogen) atoms. The number of piperidine rings is 1. The molecule has 0 aliphatic carbocycles. The lowest BCUT2D eigenvalue weighted by Crippen LogP contribution is -2.39. The number of aromatic nitrogens is 3. The summed E-state index contributed by atoms with van der Waals surface area (Å²) in [6.07, 6.45) is 8.46. The molecule has 1 aliphatic heterocycles. The van der Waals surface area contributed by atoms with Crippen LogP contribution in [0.3, 0.4) is 0 Å². The fraction of sp³-hybridized carbons (Fsp3) is 0.304. The molecule has 154 valence electrons. The van der Waals surface area contributed by atoms with Crippen molar-refractivity contribution in [2.24, 2.45) is 7.05 Å². The third-order valence-corrected chi connectivity index (χ3v) is 5.38.